The molecule has 0 aromatic heterocycles. The molecule has 0 saturated carbocycles. The van der Waals surface area contributed by atoms with E-state index >= 15 is 0 Å². The number of nitrogens with one attached hydrogen (secondary N) is 2. The summed E-state index contributed by atoms with van der Waals surface area (Å²) in [6.45, 7) is -0.371. The highest BCUT2D eigenvalue weighted by molar-refractivity contribution is 7.91. The minimum atomic E-state index is -3.53. The molecule has 1 fully saturated rings. The summed E-state index contributed by atoms with van der Waals surface area (Å²) >= 11 is 0. The van der Waals surface area contributed by atoms with Gasteiger partial charge in [0, 0.05) is 6.04 Å². The average molecular weight is 374 g/mol. The van der Waals surface area contributed by atoms with E-state index < -0.39 is 31.8 Å². The van der Waals surface area contributed by atoms with Crippen molar-refractivity contribution in [2.24, 2.45) is 0 Å². The van der Waals surface area contributed by atoms with Crippen molar-refractivity contribution >= 4 is 25.8 Å². The van der Waals surface area contributed by atoms with Crippen LogP contribution in [-0.2, 0) is 31.1 Å². The first kappa shape index (κ1) is 18.9. The summed E-state index contributed by atoms with van der Waals surface area (Å²) in [5.74, 6) is -0.595. The second-order valence-electron chi connectivity index (χ2n) is 5.90. The van der Waals surface area contributed by atoms with Crippen LogP contribution in [0.1, 0.15) is 18.4 Å². The number of carbonyl (C=O) groups excluding carboxylic acids is 1. The van der Waals surface area contributed by atoms with Crippen LogP contribution in [0, 0.1) is 0 Å². The van der Waals surface area contributed by atoms with Gasteiger partial charge in [-0.2, -0.15) is 0 Å². The van der Waals surface area contributed by atoms with Crippen LogP contribution in [0.4, 0.5) is 0 Å². The minimum Gasteiger partial charge on any atom is -0.351 e. The number of sulfone groups is 1. The highest BCUT2D eigenvalue weighted by Crippen LogP contribution is 2.10. The number of hydrogen-bond acceptors (Lipinski definition) is 5. The molecule has 1 aromatic carbocycles. The third-order valence-electron chi connectivity index (χ3n) is 3.77. The number of amides is 1. The maximum Gasteiger partial charge on any atom is 0.235 e. The van der Waals surface area contributed by atoms with Crippen molar-refractivity contribution < 1.29 is 21.6 Å². The van der Waals surface area contributed by atoms with Crippen molar-refractivity contribution in [3.8, 4) is 0 Å². The van der Waals surface area contributed by atoms with Crippen LogP contribution in [0.25, 0.3) is 0 Å². The van der Waals surface area contributed by atoms with Gasteiger partial charge in [-0.05, 0) is 24.8 Å². The summed E-state index contributed by atoms with van der Waals surface area (Å²) in [7, 11) is -6.61. The van der Waals surface area contributed by atoms with Crippen LogP contribution in [0.15, 0.2) is 30.3 Å². The van der Waals surface area contributed by atoms with Crippen molar-refractivity contribution in [3.05, 3.63) is 35.9 Å². The number of benzene rings is 1. The Kier molecular flexibility index (Phi) is 6.36. The largest absolute Gasteiger partial charge is 0.351 e. The Labute approximate surface area is 142 Å². The molecule has 24 heavy (non-hydrogen) atoms. The Morgan fingerprint density at radius 2 is 1.92 bits per heavy atom. The number of carbonyl (C=O) groups is 1. The Bertz CT molecular complexity index is 760. The zero-order chi connectivity index (χ0) is 17.6. The van der Waals surface area contributed by atoms with Crippen molar-refractivity contribution in [2.45, 2.75) is 25.3 Å². The first-order valence-electron chi connectivity index (χ1n) is 7.77. The van der Waals surface area contributed by atoms with Gasteiger partial charge in [-0.1, -0.05) is 30.3 Å². The van der Waals surface area contributed by atoms with Gasteiger partial charge in [-0.25, -0.2) is 21.6 Å². The van der Waals surface area contributed by atoms with E-state index in [0.717, 1.165) is 5.56 Å². The third-order valence-corrected chi connectivity index (χ3v) is 6.95. The molecule has 1 aliphatic heterocycles. The molecule has 1 aromatic rings. The van der Waals surface area contributed by atoms with Gasteiger partial charge in [-0.15, -0.1) is 0 Å². The second kappa shape index (κ2) is 8.09. The molecule has 1 atom stereocenters. The van der Waals surface area contributed by atoms with Gasteiger partial charge in [-0.3, -0.25) is 4.79 Å². The van der Waals surface area contributed by atoms with Crippen molar-refractivity contribution in [1.29, 1.82) is 0 Å². The Morgan fingerprint density at radius 3 is 2.54 bits per heavy atom. The molecule has 0 bridgehead atoms. The van der Waals surface area contributed by atoms with E-state index in [-0.39, 0.29) is 23.8 Å². The van der Waals surface area contributed by atoms with Gasteiger partial charge < -0.3 is 5.32 Å². The Hall–Kier alpha value is -1.45. The molecule has 7 nitrogen and oxygen atoms in total. The molecule has 0 radical (unpaired) electrons. The number of sulfonamides is 1. The summed E-state index contributed by atoms with van der Waals surface area (Å²) < 4.78 is 48.6. The van der Waals surface area contributed by atoms with Gasteiger partial charge in [0.15, 0.2) is 9.84 Å². The number of rotatable bonds is 8. The van der Waals surface area contributed by atoms with E-state index in [9.17, 15) is 21.6 Å². The van der Waals surface area contributed by atoms with Gasteiger partial charge in [0.25, 0.3) is 0 Å². The molecular formula is C15H22N2O5S2. The lowest BCUT2D eigenvalue weighted by atomic mass is 10.1. The van der Waals surface area contributed by atoms with Crippen molar-refractivity contribution in [3.63, 3.8) is 0 Å². The van der Waals surface area contributed by atoms with E-state index in [1.54, 1.807) is 0 Å². The third kappa shape index (κ3) is 6.58. The highest BCUT2D eigenvalue weighted by Gasteiger charge is 2.28. The van der Waals surface area contributed by atoms with E-state index in [1.807, 2.05) is 30.3 Å². The molecule has 134 valence electrons. The van der Waals surface area contributed by atoms with Gasteiger partial charge in [0.2, 0.25) is 15.9 Å². The summed E-state index contributed by atoms with van der Waals surface area (Å²) in [5.41, 5.74) is 1.06. The zero-order valence-electron chi connectivity index (χ0n) is 13.3. The molecule has 0 aliphatic carbocycles. The molecule has 2 N–H and O–H groups in total. The first-order valence-corrected chi connectivity index (χ1v) is 11.2. The smallest absolute Gasteiger partial charge is 0.235 e. The maximum atomic E-state index is 11.9. The van der Waals surface area contributed by atoms with E-state index in [2.05, 4.69) is 10.0 Å². The Balaban J connectivity index is 1.69. The summed E-state index contributed by atoms with van der Waals surface area (Å²) in [4.78, 5) is 11.7. The monoisotopic (exact) mass is 374 g/mol. The predicted molar refractivity (Wildman–Crippen MR) is 91.8 cm³/mol. The maximum absolute atomic E-state index is 11.9. The topological polar surface area (TPSA) is 109 Å². The number of aryl methyl sites for hydroxylation is 1. The summed E-state index contributed by atoms with van der Waals surface area (Å²) in [6.07, 6.45) is 1.48. The van der Waals surface area contributed by atoms with Crippen LogP contribution >= 0.6 is 0 Å². The fourth-order valence-electron chi connectivity index (χ4n) is 2.55. The van der Waals surface area contributed by atoms with E-state index in [1.165, 1.54) is 0 Å². The normalized spacial score (nSPS) is 19.9. The predicted octanol–water partition coefficient (Wildman–Crippen LogP) is -0.158. The van der Waals surface area contributed by atoms with Crippen molar-refractivity contribution in [2.75, 3.05) is 23.8 Å². The molecule has 1 aliphatic rings. The molecule has 9 heteroatoms. The van der Waals surface area contributed by atoms with Gasteiger partial charge in [0.05, 0.1) is 23.8 Å². The fourth-order valence-corrected chi connectivity index (χ4v) is 5.24. The summed E-state index contributed by atoms with van der Waals surface area (Å²) in [6, 6.07) is 9.14. The molecule has 1 saturated heterocycles. The molecular weight excluding hydrogens is 352 g/mol. The molecule has 2 rings (SSSR count). The van der Waals surface area contributed by atoms with Crippen LogP contribution in [0.2, 0.25) is 0 Å². The first-order chi connectivity index (χ1) is 11.3. The van der Waals surface area contributed by atoms with Gasteiger partial charge in [0.1, 0.15) is 0 Å². The van der Waals surface area contributed by atoms with Crippen LogP contribution in [0.5, 0.6) is 0 Å². The Morgan fingerprint density at radius 1 is 1.21 bits per heavy atom. The lowest BCUT2D eigenvalue weighted by Crippen LogP contribution is -2.42. The molecule has 1 amide bonds. The fraction of sp³-hybridized carbons (Fsp3) is 0.533. The SMILES string of the molecule is O=C(CNS(=O)(=O)CCCc1ccccc1)NC1CCS(=O)(=O)C1. The standard InChI is InChI=1S/C15H22N2O5S2/c18-15(17-14-8-10-23(19,20)12-14)11-16-24(21,22)9-4-7-13-5-2-1-3-6-13/h1-3,5-6,14,16H,4,7-12H2,(H,17,18). The molecule has 1 heterocycles. The van der Waals surface area contributed by atoms with Crippen LogP contribution in [0.3, 0.4) is 0 Å². The van der Waals surface area contributed by atoms with E-state index in [0.29, 0.717) is 19.3 Å². The molecule has 0 spiro atoms. The van der Waals surface area contributed by atoms with Gasteiger partial charge >= 0.3 is 0 Å². The van der Waals surface area contributed by atoms with Crippen molar-refractivity contribution in [1.82, 2.24) is 10.0 Å². The highest BCUT2D eigenvalue weighted by atomic mass is 32.2. The lowest BCUT2D eigenvalue weighted by molar-refractivity contribution is -0.120. The second-order valence-corrected chi connectivity index (χ2v) is 10.1. The minimum absolute atomic E-state index is 0.0587. The average Bonchev–Trinajstić information content (AvgIpc) is 2.85. The van der Waals surface area contributed by atoms with Crippen LogP contribution < -0.4 is 10.0 Å². The van der Waals surface area contributed by atoms with E-state index in [4.69, 9.17) is 0 Å². The van der Waals surface area contributed by atoms with Crippen LogP contribution in [-0.4, -0.2) is 52.6 Å². The number of hydrogen-bond donors (Lipinski definition) is 2. The lowest BCUT2D eigenvalue weighted by Gasteiger charge is -2.11. The summed E-state index contributed by atoms with van der Waals surface area (Å²) in [5, 5.41) is 2.54. The molecule has 1 unspecified atom stereocenters. The zero-order valence-corrected chi connectivity index (χ0v) is 14.9. The quantitative estimate of drug-likeness (QED) is 0.657.